The topological polar surface area (TPSA) is 118 Å². The van der Waals surface area contributed by atoms with Gasteiger partial charge in [0, 0.05) is 25.5 Å². The van der Waals surface area contributed by atoms with E-state index in [1.165, 1.54) is 42.7 Å². The molecule has 1 aliphatic rings. The lowest BCUT2D eigenvalue weighted by Gasteiger charge is -2.13. The molecule has 0 spiro atoms. The number of hydrogen-bond donors (Lipinski definition) is 2. The smallest absolute Gasteiger partial charge is 0.293 e. The van der Waals surface area contributed by atoms with Gasteiger partial charge in [-0.1, -0.05) is 12.1 Å². The van der Waals surface area contributed by atoms with Gasteiger partial charge in [-0.3, -0.25) is 19.3 Å². The second-order valence-electron chi connectivity index (χ2n) is 5.43. The van der Waals surface area contributed by atoms with E-state index in [9.17, 15) is 18.8 Å². The summed E-state index contributed by atoms with van der Waals surface area (Å²) in [6, 6.07) is 5.55. The van der Waals surface area contributed by atoms with Crippen molar-refractivity contribution in [2.75, 3.05) is 18.8 Å². The maximum Gasteiger partial charge on any atom is 0.293 e. The van der Waals surface area contributed by atoms with E-state index in [2.05, 4.69) is 15.3 Å². The normalized spacial score (nSPS) is 15.4. The van der Waals surface area contributed by atoms with Crippen LogP contribution in [0.15, 0.2) is 41.6 Å². The summed E-state index contributed by atoms with van der Waals surface area (Å²) in [6.07, 6.45) is 4.21. The monoisotopic (exact) mass is 387 g/mol. The highest BCUT2D eigenvalue weighted by Gasteiger charge is 2.34. The molecule has 3 N–H and O–H groups in total. The summed E-state index contributed by atoms with van der Waals surface area (Å²) in [5.74, 6) is -1.42. The predicted octanol–water partition coefficient (Wildman–Crippen LogP) is 1.66. The van der Waals surface area contributed by atoms with Gasteiger partial charge in [0.1, 0.15) is 5.82 Å². The van der Waals surface area contributed by atoms with Crippen LogP contribution in [0.25, 0.3) is 6.08 Å². The summed E-state index contributed by atoms with van der Waals surface area (Å²) >= 11 is 0.788. The van der Waals surface area contributed by atoms with Crippen molar-refractivity contribution < 1.29 is 18.8 Å². The minimum absolute atomic E-state index is 0.00265. The van der Waals surface area contributed by atoms with Gasteiger partial charge in [-0.15, -0.1) is 0 Å². The molecule has 1 aromatic heterocycles. The number of thioether (sulfide) groups is 1. The number of amides is 3. The molecule has 1 aromatic carbocycles. The van der Waals surface area contributed by atoms with Crippen LogP contribution in [0.3, 0.4) is 0 Å². The number of rotatable bonds is 5. The third kappa shape index (κ3) is 4.29. The highest BCUT2D eigenvalue weighted by atomic mass is 32.2. The van der Waals surface area contributed by atoms with Crippen LogP contribution in [0.5, 0.6) is 0 Å². The molecule has 3 rings (SSSR count). The molecule has 3 amide bonds. The van der Waals surface area contributed by atoms with Crippen molar-refractivity contribution in [3.63, 3.8) is 0 Å². The zero-order valence-electron chi connectivity index (χ0n) is 13.9. The van der Waals surface area contributed by atoms with Gasteiger partial charge in [-0.2, -0.15) is 0 Å². The van der Waals surface area contributed by atoms with E-state index in [4.69, 9.17) is 5.73 Å². The first-order valence-corrected chi connectivity index (χ1v) is 8.63. The fraction of sp³-hybridized carbons (Fsp3) is 0.118. The highest BCUT2D eigenvalue weighted by Crippen LogP contribution is 2.31. The second-order valence-corrected chi connectivity index (χ2v) is 6.42. The molecule has 0 radical (unpaired) electrons. The Bertz CT molecular complexity index is 932. The van der Waals surface area contributed by atoms with Gasteiger partial charge in [0.15, 0.2) is 11.5 Å². The number of carbonyl (C=O) groups is 3. The fourth-order valence-corrected chi connectivity index (χ4v) is 3.16. The van der Waals surface area contributed by atoms with E-state index in [-0.39, 0.29) is 35.3 Å². The lowest BCUT2D eigenvalue weighted by atomic mass is 10.2. The Kier molecular flexibility index (Phi) is 5.46. The molecule has 1 saturated heterocycles. The van der Waals surface area contributed by atoms with Crippen LogP contribution in [0.2, 0.25) is 0 Å². The van der Waals surface area contributed by atoms with Gasteiger partial charge < -0.3 is 11.1 Å². The van der Waals surface area contributed by atoms with Crippen LogP contribution in [0.4, 0.5) is 15.0 Å². The number of carbonyl (C=O) groups excluding carboxylic acids is 3. The summed E-state index contributed by atoms with van der Waals surface area (Å²) in [6.45, 7) is 0.0358. The molecule has 2 heterocycles. The van der Waals surface area contributed by atoms with Crippen molar-refractivity contribution in [3.05, 3.63) is 58.6 Å². The van der Waals surface area contributed by atoms with Crippen molar-refractivity contribution in [1.29, 1.82) is 0 Å². The number of halogens is 1. The van der Waals surface area contributed by atoms with Gasteiger partial charge >= 0.3 is 0 Å². The van der Waals surface area contributed by atoms with Crippen LogP contribution >= 0.6 is 11.8 Å². The largest absolute Gasteiger partial charge is 0.382 e. The lowest BCUT2D eigenvalue weighted by molar-refractivity contribution is -0.122. The molecule has 0 unspecified atom stereocenters. The summed E-state index contributed by atoms with van der Waals surface area (Å²) in [7, 11) is 0. The Morgan fingerprint density at radius 3 is 2.63 bits per heavy atom. The van der Waals surface area contributed by atoms with Crippen molar-refractivity contribution in [2.24, 2.45) is 0 Å². The average molecular weight is 387 g/mol. The first kappa shape index (κ1) is 18.5. The Hall–Kier alpha value is -3.27. The molecule has 1 fully saturated rings. The van der Waals surface area contributed by atoms with E-state index in [1.807, 2.05) is 0 Å². The molecule has 0 bridgehead atoms. The molecule has 2 aromatic rings. The fourth-order valence-electron chi connectivity index (χ4n) is 2.29. The van der Waals surface area contributed by atoms with Crippen molar-refractivity contribution in [2.45, 2.75) is 0 Å². The van der Waals surface area contributed by atoms with Crippen molar-refractivity contribution >= 4 is 40.7 Å². The number of aromatic nitrogens is 2. The summed E-state index contributed by atoms with van der Waals surface area (Å²) in [5, 5.41) is 2.10. The molecule has 138 valence electrons. The van der Waals surface area contributed by atoms with E-state index in [0.717, 1.165) is 16.7 Å². The van der Waals surface area contributed by atoms with Gasteiger partial charge in [0.2, 0.25) is 0 Å². The van der Waals surface area contributed by atoms with Gasteiger partial charge in [0.05, 0.1) is 4.91 Å². The van der Waals surface area contributed by atoms with Crippen LogP contribution in [-0.2, 0) is 4.79 Å². The van der Waals surface area contributed by atoms with E-state index in [1.54, 1.807) is 0 Å². The van der Waals surface area contributed by atoms with Gasteiger partial charge in [-0.25, -0.2) is 14.4 Å². The maximum absolute atomic E-state index is 12.9. The maximum atomic E-state index is 12.9. The minimum Gasteiger partial charge on any atom is -0.382 e. The first-order chi connectivity index (χ1) is 13.0. The van der Waals surface area contributed by atoms with E-state index < -0.39 is 17.1 Å². The number of anilines is 1. The standard InChI is InChI=1S/C17H14FN5O3S/c18-11-3-1-10(2-4-11)9-12-16(25)23(17(26)27-12)8-7-22-15(24)13-14(19)21-6-5-20-13/h1-6,9H,7-8H2,(H2,19,21)(H,22,24)/b12-9-. The molecule has 10 heteroatoms. The van der Waals surface area contributed by atoms with Crippen molar-refractivity contribution in [1.82, 2.24) is 20.2 Å². The zero-order valence-corrected chi connectivity index (χ0v) is 14.7. The third-order valence-electron chi connectivity index (χ3n) is 3.60. The quantitative estimate of drug-likeness (QED) is 0.749. The first-order valence-electron chi connectivity index (χ1n) is 7.81. The molecule has 0 aliphatic carbocycles. The highest BCUT2D eigenvalue weighted by molar-refractivity contribution is 8.18. The molecule has 0 saturated carbocycles. The van der Waals surface area contributed by atoms with Crippen LogP contribution in [0.1, 0.15) is 16.1 Å². The third-order valence-corrected chi connectivity index (χ3v) is 4.51. The summed E-state index contributed by atoms with van der Waals surface area (Å²) < 4.78 is 12.9. The van der Waals surface area contributed by atoms with Crippen LogP contribution in [0, 0.1) is 5.82 Å². The number of hydrogen-bond acceptors (Lipinski definition) is 7. The number of nitrogens with zero attached hydrogens (tertiary/aromatic N) is 3. The van der Waals surface area contributed by atoms with Crippen LogP contribution in [-0.4, -0.2) is 45.0 Å². The molecule has 27 heavy (non-hydrogen) atoms. The minimum atomic E-state index is -0.547. The molecular weight excluding hydrogens is 373 g/mol. The molecule has 0 atom stereocenters. The SMILES string of the molecule is Nc1nccnc1C(=O)NCCN1C(=O)S/C(=C\c2ccc(F)cc2)C1=O. The van der Waals surface area contributed by atoms with E-state index in [0.29, 0.717) is 5.56 Å². The lowest BCUT2D eigenvalue weighted by Crippen LogP contribution is -2.37. The number of nitrogens with one attached hydrogen (secondary N) is 1. The molecular formula is C17H14FN5O3S. The Morgan fingerprint density at radius 2 is 1.93 bits per heavy atom. The summed E-state index contributed by atoms with van der Waals surface area (Å²) in [4.78, 5) is 45.3. The molecule has 8 nitrogen and oxygen atoms in total. The van der Waals surface area contributed by atoms with Crippen LogP contribution < -0.4 is 11.1 Å². The van der Waals surface area contributed by atoms with E-state index >= 15 is 0 Å². The molecule has 1 aliphatic heterocycles. The van der Waals surface area contributed by atoms with Gasteiger partial charge in [0.25, 0.3) is 17.1 Å². The average Bonchev–Trinajstić information content (AvgIpc) is 2.91. The predicted molar refractivity (Wildman–Crippen MR) is 97.9 cm³/mol. The van der Waals surface area contributed by atoms with Gasteiger partial charge in [-0.05, 0) is 35.5 Å². The zero-order chi connectivity index (χ0) is 19.4. The second kappa shape index (κ2) is 7.96. The number of nitrogens with two attached hydrogens (primary N) is 1. The Labute approximate surface area is 157 Å². The Balaban J connectivity index is 1.60. The van der Waals surface area contributed by atoms with Crippen molar-refractivity contribution in [3.8, 4) is 0 Å². The number of benzene rings is 1. The number of nitrogen functional groups attached to an aromatic ring is 1. The Morgan fingerprint density at radius 1 is 1.22 bits per heavy atom. The summed E-state index contributed by atoms with van der Waals surface area (Å²) in [5.41, 5.74) is 6.15. The number of imide groups is 1.